The van der Waals surface area contributed by atoms with Gasteiger partial charge >= 0.3 is 0 Å². The first-order valence-electron chi connectivity index (χ1n) is 9.95. The van der Waals surface area contributed by atoms with E-state index in [1.807, 2.05) is 23.1 Å². The van der Waals surface area contributed by atoms with Crippen molar-refractivity contribution in [1.29, 1.82) is 0 Å². The van der Waals surface area contributed by atoms with Crippen LogP contribution in [0.3, 0.4) is 0 Å². The Kier molecular flexibility index (Phi) is 5.10. The number of aryl methyl sites for hydroxylation is 1. The summed E-state index contributed by atoms with van der Waals surface area (Å²) in [5.41, 5.74) is 5.96. The van der Waals surface area contributed by atoms with Crippen molar-refractivity contribution in [3.8, 4) is 11.1 Å². The molecule has 0 bridgehead atoms. The van der Waals surface area contributed by atoms with Crippen molar-refractivity contribution in [3.63, 3.8) is 0 Å². The Hall–Kier alpha value is -3.14. The molecule has 0 fully saturated rings. The van der Waals surface area contributed by atoms with Crippen LogP contribution in [0, 0.1) is 12.7 Å². The first kappa shape index (κ1) is 19.2. The number of carbonyl (C=O) groups excluding carboxylic acids is 1. The van der Waals surface area contributed by atoms with Gasteiger partial charge in [0.15, 0.2) is 0 Å². The van der Waals surface area contributed by atoms with Crippen molar-refractivity contribution in [2.24, 2.45) is 0 Å². The van der Waals surface area contributed by atoms with Gasteiger partial charge in [-0.15, -0.1) is 0 Å². The number of carbonyl (C=O) groups is 1. The second-order valence-corrected chi connectivity index (χ2v) is 7.82. The second-order valence-electron chi connectivity index (χ2n) is 7.82. The quantitative estimate of drug-likeness (QED) is 0.588. The van der Waals surface area contributed by atoms with Crippen LogP contribution in [-0.4, -0.2) is 11.9 Å². The average Bonchev–Trinajstić information content (AvgIpc) is 2.69. The smallest absolute Gasteiger partial charge is 0.224 e. The Labute approximate surface area is 171 Å². The molecular formula is C25H25FN2O. The van der Waals surface area contributed by atoms with Gasteiger partial charge in [0.1, 0.15) is 5.82 Å². The average molecular weight is 388 g/mol. The molecule has 2 unspecified atom stereocenters. The molecule has 1 aliphatic heterocycles. The van der Waals surface area contributed by atoms with Gasteiger partial charge in [-0.2, -0.15) is 0 Å². The van der Waals surface area contributed by atoms with Crippen molar-refractivity contribution in [2.45, 2.75) is 39.3 Å². The summed E-state index contributed by atoms with van der Waals surface area (Å²) in [5, 5.41) is 3.62. The van der Waals surface area contributed by atoms with E-state index >= 15 is 0 Å². The third kappa shape index (κ3) is 3.88. The molecule has 0 aromatic heterocycles. The minimum Gasteiger partial charge on any atom is -0.378 e. The van der Waals surface area contributed by atoms with Gasteiger partial charge in [0.25, 0.3) is 0 Å². The highest BCUT2D eigenvalue weighted by molar-refractivity contribution is 5.94. The second kappa shape index (κ2) is 7.70. The number of benzene rings is 3. The normalized spacial score (nSPS) is 18.3. The maximum absolute atomic E-state index is 13.7. The monoisotopic (exact) mass is 388 g/mol. The molecule has 2 atom stereocenters. The minimum absolute atomic E-state index is 0.0175. The van der Waals surface area contributed by atoms with E-state index in [9.17, 15) is 9.18 Å². The fourth-order valence-electron chi connectivity index (χ4n) is 4.17. The SMILES string of the molecule is CC(=O)N1c2cc(-c3cccc(F)c3)ccc2C(Nc2ccc(C)cc2)CC1C. The number of nitrogens with zero attached hydrogens (tertiary/aromatic N) is 1. The van der Waals surface area contributed by atoms with Crippen molar-refractivity contribution in [3.05, 3.63) is 83.7 Å². The van der Waals surface area contributed by atoms with E-state index in [0.29, 0.717) is 0 Å². The molecule has 3 aromatic rings. The highest BCUT2D eigenvalue weighted by Crippen LogP contribution is 2.41. The van der Waals surface area contributed by atoms with Crippen molar-refractivity contribution >= 4 is 17.3 Å². The van der Waals surface area contributed by atoms with Gasteiger partial charge < -0.3 is 10.2 Å². The maximum Gasteiger partial charge on any atom is 0.224 e. The summed E-state index contributed by atoms with van der Waals surface area (Å²) < 4.78 is 13.7. The third-order valence-electron chi connectivity index (χ3n) is 5.57. The molecule has 4 heteroatoms. The predicted octanol–water partition coefficient (Wildman–Crippen LogP) is 6.10. The summed E-state index contributed by atoms with van der Waals surface area (Å²) in [5.74, 6) is -0.250. The molecule has 3 nitrogen and oxygen atoms in total. The molecule has 1 N–H and O–H groups in total. The number of amides is 1. The summed E-state index contributed by atoms with van der Waals surface area (Å²) in [6.07, 6.45) is 0.819. The lowest BCUT2D eigenvalue weighted by Crippen LogP contribution is -2.43. The molecule has 3 aromatic carbocycles. The zero-order chi connectivity index (χ0) is 20.5. The van der Waals surface area contributed by atoms with Crippen LogP contribution < -0.4 is 10.2 Å². The van der Waals surface area contributed by atoms with E-state index in [1.54, 1.807) is 13.0 Å². The number of halogens is 1. The molecule has 0 saturated heterocycles. The Morgan fingerprint density at radius 2 is 1.76 bits per heavy atom. The lowest BCUT2D eigenvalue weighted by Gasteiger charge is -2.40. The number of fused-ring (bicyclic) bond motifs is 1. The van der Waals surface area contributed by atoms with Crippen LogP contribution >= 0.6 is 0 Å². The molecule has 0 aliphatic carbocycles. The molecule has 0 radical (unpaired) electrons. The summed E-state index contributed by atoms with van der Waals surface area (Å²) in [6, 6.07) is 21.1. The molecule has 0 saturated carbocycles. The Morgan fingerprint density at radius 3 is 2.45 bits per heavy atom. The standard InChI is InChI=1S/C25H25FN2O/c1-16-7-10-22(11-8-16)27-24-13-17(2)28(18(3)29)25-15-20(9-12-23(24)25)19-5-4-6-21(26)14-19/h4-12,14-15,17,24,27H,13H2,1-3H3. The summed E-state index contributed by atoms with van der Waals surface area (Å²) in [4.78, 5) is 14.3. The van der Waals surface area contributed by atoms with Gasteiger partial charge in [0, 0.05) is 24.3 Å². The molecule has 1 amide bonds. The number of rotatable bonds is 3. The third-order valence-corrected chi connectivity index (χ3v) is 5.57. The lowest BCUT2D eigenvalue weighted by atomic mass is 9.89. The van der Waals surface area contributed by atoms with E-state index in [1.165, 1.54) is 17.7 Å². The van der Waals surface area contributed by atoms with Crippen LogP contribution in [0.4, 0.5) is 15.8 Å². The first-order valence-corrected chi connectivity index (χ1v) is 9.95. The Balaban J connectivity index is 1.76. The molecular weight excluding hydrogens is 363 g/mol. The summed E-state index contributed by atoms with van der Waals surface area (Å²) in [7, 11) is 0. The van der Waals surface area contributed by atoms with E-state index < -0.39 is 0 Å². The number of nitrogens with one attached hydrogen (secondary N) is 1. The molecule has 148 valence electrons. The zero-order valence-electron chi connectivity index (χ0n) is 16.9. The number of hydrogen-bond donors (Lipinski definition) is 1. The van der Waals surface area contributed by atoms with Crippen LogP contribution in [0.5, 0.6) is 0 Å². The Bertz CT molecular complexity index is 1040. The fourth-order valence-corrected chi connectivity index (χ4v) is 4.17. The van der Waals surface area contributed by atoms with Gasteiger partial charge in [-0.3, -0.25) is 4.79 Å². The first-order chi connectivity index (χ1) is 13.9. The molecule has 4 rings (SSSR count). The van der Waals surface area contributed by atoms with Gasteiger partial charge in [-0.1, -0.05) is 42.0 Å². The van der Waals surface area contributed by atoms with Gasteiger partial charge in [-0.25, -0.2) is 4.39 Å². The van der Waals surface area contributed by atoms with Crippen LogP contribution in [0.25, 0.3) is 11.1 Å². The van der Waals surface area contributed by atoms with Crippen molar-refractivity contribution in [2.75, 3.05) is 10.2 Å². The van der Waals surface area contributed by atoms with Crippen LogP contribution in [0.15, 0.2) is 66.7 Å². The number of hydrogen-bond acceptors (Lipinski definition) is 2. The van der Waals surface area contributed by atoms with Crippen molar-refractivity contribution < 1.29 is 9.18 Å². The summed E-state index contributed by atoms with van der Waals surface area (Å²) in [6.45, 7) is 5.74. The molecule has 0 spiro atoms. The lowest BCUT2D eigenvalue weighted by molar-refractivity contribution is -0.117. The maximum atomic E-state index is 13.7. The summed E-state index contributed by atoms with van der Waals surface area (Å²) >= 11 is 0. The highest BCUT2D eigenvalue weighted by Gasteiger charge is 2.32. The van der Waals surface area contributed by atoms with Crippen molar-refractivity contribution in [1.82, 2.24) is 0 Å². The van der Waals surface area contributed by atoms with Crippen LogP contribution in [0.1, 0.15) is 37.4 Å². The van der Waals surface area contributed by atoms with E-state index in [2.05, 4.69) is 49.5 Å². The molecule has 29 heavy (non-hydrogen) atoms. The van der Waals surface area contributed by atoms with Gasteiger partial charge in [0.05, 0.1) is 6.04 Å². The molecule has 1 aliphatic rings. The predicted molar refractivity (Wildman–Crippen MR) is 117 cm³/mol. The van der Waals surface area contributed by atoms with E-state index in [0.717, 1.165) is 34.5 Å². The van der Waals surface area contributed by atoms with E-state index in [-0.39, 0.29) is 23.8 Å². The van der Waals surface area contributed by atoms with Crippen LogP contribution in [0.2, 0.25) is 0 Å². The van der Waals surface area contributed by atoms with E-state index in [4.69, 9.17) is 0 Å². The van der Waals surface area contributed by atoms with Gasteiger partial charge in [0.2, 0.25) is 5.91 Å². The van der Waals surface area contributed by atoms with Gasteiger partial charge in [-0.05, 0) is 67.3 Å². The number of anilines is 2. The van der Waals surface area contributed by atoms with Crippen LogP contribution in [-0.2, 0) is 4.79 Å². The topological polar surface area (TPSA) is 32.3 Å². The highest BCUT2D eigenvalue weighted by atomic mass is 19.1. The Morgan fingerprint density at radius 1 is 1.03 bits per heavy atom. The fraction of sp³-hybridized carbons (Fsp3) is 0.240. The largest absolute Gasteiger partial charge is 0.378 e. The molecule has 1 heterocycles. The minimum atomic E-state index is -0.268. The zero-order valence-corrected chi connectivity index (χ0v) is 16.9.